The van der Waals surface area contributed by atoms with Gasteiger partial charge in [0.05, 0.1) is 10.6 Å². The quantitative estimate of drug-likeness (QED) is 0.854. The molecular formula is C20H25N3O3S. The average Bonchev–Trinajstić information content (AvgIpc) is 2.90. The highest BCUT2D eigenvalue weighted by Crippen LogP contribution is 2.41. The molecule has 2 aromatic rings. The highest BCUT2D eigenvalue weighted by Gasteiger charge is 2.37. The Morgan fingerprint density at radius 1 is 1.15 bits per heavy atom. The Morgan fingerprint density at radius 2 is 1.85 bits per heavy atom. The summed E-state index contributed by atoms with van der Waals surface area (Å²) in [6, 6.07) is 10.8. The van der Waals surface area contributed by atoms with Crippen molar-refractivity contribution in [3.8, 4) is 0 Å². The second-order valence-corrected chi connectivity index (χ2v) is 9.19. The number of sulfonamides is 1. The minimum Gasteiger partial charge on any atom is -0.341 e. The van der Waals surface area contributed by atoms with Crippen LogP contribution in [0.4, 0.5) is 5.69 Å². The summed E-state index contributed by atoms with van der Waals surface area (Å²) in [7, 11) is -1.73. The molecule has 0 aromatic heterocycles. The van der Waals surface area contributed by atoms with E-state index in [1.54, 1.807) is 18.2 Å². The van der Waals surface area contributed by atoms with Gasteiger partial charge in [0.15, 0.2) is 0 Å². The zero-order chi connectivity index (χ0) is 19.0. The smallest absolute Gasteiger partial charge is 0.265 e. The fourth-order valence-corrected chi connectivity index (χ4v) is 5.83. The molecule has 1 saturated heterocycles. The Hall–Kier alpha value is -2.12. The fraction of sp³-hybridized carbons (Fsp3) is 0.450. The minimum absolute atomic E-state index is 0.115. The Labute approximate surface area is 160 Å². The zero-order valence-electron chi connectivity index (χ0n) is 15.5. The first-order valence-corrected chi connectivity index (χ1v) is 10.9. The molecule has 6 nitrogen and oxygen atoms in total. The van der Waals surface area contributed by atoms with Gasteiger partial charge < -0.3 is 10.2 Å². The lowest BCUT2D eigenvalue weighted by Gasteiger charge is -2.33. The van der Waals surface area contributed by atoms with E-state index in [2.05, 4.69) is 5.32 Å². The Balaban J connectivity index is 1.51. The van der Waals surface area contributed by atoms with Crippen LogP contribution in [0.1, 0.15) is 19.3 Å². The van der Waals surface area contributed by atoms with Gasteiger partial charge in [-0.2, -0.15) is 0 Å². The molecule has 2 aromatic carbocycles. The Bertz CT molecular complexity index is 960. The molecular weight excluding hydrogens is 362 g/mol. The number of carbonyl (C=O) groups excluding carboxylic acids is 1. The molecule has 2 aliphatic heterocycles. The van der Waals surface area contributed by atoms with E-state index in [9.17, 15) is 13.2 Å². The van der Waals surface area contributed by atoms with Crippen molar-refractivity contribution in [3.63, 3.8) is 0 Å². The number of nitrogens with zero attached hydrogens (tertiary/aromatic N) is 2. The first kappa shape index (κ1) is 18.3. The first-order valence-electron chi connectivity index (χ1n) is 9.49. The fourth-order valence-electron chi connectivity index (χ4n) is 4.17. The molecule has 1 fully saturated rings. The lowest BCUT2D eigenvalue weighted by Crippen LogP contribution is -2.45. The standard InChI is InChI=1S/C20H25N3O3S/c1-21-11-8-15-9-12-22(13-10-15)19(24)14-23-17-6-2-4-16-5-3-7-18(20(16)17)27(23,25)26/h2-7,15,21H,8-14H2,1H3. The van der Waals surface area contributed by atoms with Gasteiger partial charge in [-0.15, -0.1) is 0 Å². The molecule has 0 bridgehead atoms. The van der Waals surface area contributed by atoms with Crippen LogP contribution in [0.15, 0.2) is 41.3 Å². The van der Waals surface area contributed by atoms with Gasteiger partial charge in [-0.3, -0.25) is 9.10 Å². The number of carbonyl (C=O) groups is 1. The van der Waals surface area contributed by atoms with Crippen molar-refractivity contribution >= 4 is 32.4 Å². The normalized spacial score (nSPS) is 19.0. The van der Waals surface area contributed by atoms with E-state index in [1.807, 2.05) is 30.1 Å². The van der Waals surface area contributed by atoms with Gasteiger partial charge in [0, 0.05) is 18.5 Å². The summed E-state index contributed by atoms with van der Waals surface area (Å²) in [4.78, 5) is 15.0. The third-order valence-electron chi connectivity index (χ3n) is 5.73. The van der Waals surface area contributed by atoms with Crippen molar-refractivity contribution in [3.05, 3.63) is 36.4 Å². The van der Waals surface area contributed by atoms with Crippen molar-refractivity contribution < 1.29 is 13.2 Å². The van der Waals surface area contributed by atoms with Crippen LogP contribution in [0.25, 0.3) is 10.8 Å². The van der Waals surface area contributed by atoms with Crippen LogP contribution < -0.4 is 9.62 Å². The van der Waals surface area contributed by atoms with Crippen LogP contribution in [-0.4, -0.2) is 52.5 Å². The van der Waals surface area contributed by atoms with Gasteiger partial charge in [-0.05, 0) is 56.3 Å². The van der Waals surface area contributed by atoms with Gasteiger partial charge in [0.25, 0.3) is 10.0 Å². The van der Waals surface area contributed by atoms with Crippen LogP contribution in [0.2, 0.25) is 0 Å². The van der Waals surface area contributed by atoms with Crippen molar-refractivity contribution in [2.75, 3.05) is 37.5 Å². The molecule has 0 radical (unpaired) electrons. The Morgan fingerprint density at radius 3 is 2.56 bits per heavy atom. The molecule has 144 valence electrons. The highest BCUT2D eigenvalue weighted by atomic mass is 32.2. The van der Waals surface area contributed by atoms with E-state index in [0.717, 1.165) is 36.6 Å². The molecule has 2 aliphatic rings. The summed E-state index contributed by atoms with van der Waals surface area (Å²) in [5.41, 5.74) is 0.611. The van der Waals surface area contributed by atoms with Crippen LogP contribution in [-0.2, 0) is 14.8 Å². The molecule has 1 amide bonds. The second kappa shape index (κ2) is 7.13. The predicted octanol–water partition coefficient (Wildman–Crippen LogP) is 2.20. The summed E-state index contributed by atoms with van der Waals surface area (Å²) in [6.45, 7) is 2.28. The topological polar surface area (TPSA) is 69.7 Å². The molecule has 27 heavy (non-hydrogen) atoms. The highest BCUT2D eigenvalue weighted by molar-refractivity contribution is 7.93. The number of hydrogen-bond acceptors (Lipinski definition) is 4. The van der Waals surface area contributed by atoms with Crippen molar-refractivity contribution in [1.82, 2.24) is 10.2 Å². The second-order valence-electron chi connectivity index (χ2n) is 7.36. The number of anilines is 1. The van der Waals surface area contributed by atoms with Gasteiger partial charge in [-0.25, -0.2) is 8.42 Å². The number of hydrogen-bond donors (Lipinski definition) is 1. The lowest BCUT2D eigenvalue weighted by atomic mass is 9.93. The van der Waals surface area contributed by atoms with Crippen LogP contribution in [0.5, 0.6) is 0 Å². The maximum atomic E-state index is 13.0. The van der Waals surface area contributed by atoms with Gasteiger partial charge in [-0.1, -0.05) is 24.3 Å². The van der Waals surface area contributed by atoms with E-state index >= 15 is 0 Å². The third-order valence-corrected chi connectivity index (χ3v) is 7.53. The summed E-state index contributed by atoms with van der Waals surface area (Å²) in [5, 5.41) is 4.77. The number of piperidine rings is 1. The molecule has 0 unspecified atom stereocenters. The average molecular weight is 388 g/mol. The van der Waals surface area contributed by atoms with E-state index in [0.29, 0.717) is 29.6 Å². The monoisotopic (exact) mass is 387 g/mol. The molecule has 4 rings (SSSR count). The van der Waals surface area contributed by atoms with Gasteiger partial charge in [0.2, 0.25) is 5.91 Å². The predicted molar refractivity (Wildman–Crippen MR) is 106 cm³/mol. The summed E-state index contributed by atoms with van der Waals surface area (Å²) < 4.78 is 27.3. The molecule has 0 spiro atoms. The van der Waals surface area contributed by atoms with Crippen molar-refractivity contribution in [1.29, 1.82) is 0 Å². The first-order chi connectivity index (χ1) is 13.0. The third kappa shape index (κ3) is 3.19. The van der Waals surface area contributed by atoms with Crippen LogP contribution in [0, 0.1) is 5.92 Å². The molecule has 7 heteroatoms. The van der Waals surface area contributed by atoms with Gasteiger partial charge >= 0.3 is 0 Å². The maximum Gasteiger partial charge on any atom is 0.265 e. The maximum absolute atomic E-state index is 13.0. The van der Waals surface area contributed by atoms with E-state index in [-0.39, 0.29) is 12.5 Å². The summed E-state index contributed by atoms with van der Waals surface area (Å²) in [5.74, 6) is 0.519. The number of rotatable bonds is 5. The summed E-state index contributed by atoms with van der Waals surface area (Å²) in [6.07, 6.45) is 3.09. The minimum atomic E-state index is -3.68. The molecule has 2 heterocycles. The molecule has 0 saturated carbocycles. The van der Waals surface area contributed by atoms with E-state index in [4.69, 9.17) is 0 Å². The largest absolute Gasteiger partial charge is 0.341 e. The number of amides is 1. The van der Waals surface area contributed by atoms with Crippen molar-refractivity contribution in [2.24, 2.45) is 5.92 Å². The van der Waals surface area contributed by atoms with Crippen molar-refractivity contribution in [2.45, 2.75) is 24.2 Å². The Kier molecular flexibility index (Phi) is 4.82. The van der Waals surface area contributed by atoms with E-state index in [1.165, 1.54) is 4.31 Å². The lowest BCUT2D eigenvalue weighted by molar-refractivity contribution is -0.130. The molecule has 1 N–H and O–H groups in total. The SMILES string of the molecule is CNCCC1CCN(C(=O)CN2c3cccc4cccc(c34)S2(=O)=O)CC1. The number of benzene rings is 2. The zero-order valence-corrected chi connectivity index (χ0v) is 16.3. The summed E-state index contributed by atoms with van der Waals surface area (Å²) >= 11 is 0. The van der Waals surface area contributed by atoms with Crippen LogP contribution >= 0.6 is 0 Å². The number of likely N-dealkylation sites (tertiary alicyclic amines) is 1. The van der Waals surface area contributed by atoms with Gasteiger partial charge in [0.1, 0.15) is 6.54 Å². The molecule has 0 atom stereocenters. The van der Waals surface area contributed by atoms with E-state index < -0.39 is 10.0 Å². The number of nitrogens with one attached hydrogen (secondary N) is 1. The molecule has 0 aliphatic carbocycles. The van der Waals surface area contributed by atoms with Crippen LogP contribution in [0.3, 0.4) is 0 Å².